The summed E-state index contributed by atoms with van der Waals surface area (Å²) in [4.78, 5) is 21.9. The summed E-state index contributed by atoms with van der Waals surface area (Å²) in [7, 11) is 10.2. The topological polar surface area (TPSA) is 141 Å². The SMILES string of the molecule is COc1ccc(C(CCc2cnc[nH]2)c2ccc(OC)cc2)cc1.COc1cccc(C(CCc2cnc[nH]2)c2cccc(OC)c2)c1.COc1ccccc1C(CCc1cnc[nH]1)c1ccccc1OC. The predicted octanol–water partition coefficient (Wildman–Crippen LogP) is 12.6. The third kappa shape index (κ3) is 14.4. The van der Waals surface area contributed by atoms with Crippen LogP contribution < -0.4 is 28.4 Å². The quantitative estimate of drug-likeness (QED) is 0.0642. The van der Waals surface area contributed by atoms with E-state index in [9.17, 15) is 0 Å². The number of H-pyrrole nitrogens is 3. The molecule has 0 fully saturated rings. The van der Waals surface area contributed by atoms with Gasteiger partial charge in [-0.25, -0.2) is 15.0 Å². The number of imidazole rings is 3. The molecular formula is C60H66N6O6. The van der Waals surface area contributed by atoms with Gasteiger partial charge in [-0.05, 0) is 121 Å². The molecule has 0 saturated heterocycles. The van der Waals surface area contributed by atoms with E-state index in [2.05, 4.69) is 103 Å². The first-order valence-electron chi connectivity index (χ1n) is 24.2. The first-order valence-corrected chi connectivity index (χ1v) is 24.2. The van der Waals surface area contributed by atoms with Crippen LogP contribution in [0.5, 0.6) is 34.5 Å². The number of hydrogen-bond donors (Lipinski definition) is 3. The number of ether oxygens (including phenoxy) is 6. The second kappa shape index (κ2) is 27.2. The van der Waals surface area contributed by atoms with Crippen molar-refractivity contribution in [3.05, 3.63) is 234 Å². The molecule has 0 aliphatic rings. The van der Waals surface area contributed by atoms with Gasteiger partial charge in [-0.3, -0.25) is 0 Å². The summed E-state index contributed by atoms with van der Waals surface area (Å²) in [6.07, 6.45) is 16.5. The van der Waals surface area contributed by atoms with Gasteiger partial charge in [-0.15, -0.1) is 0 Å². The van der Waals surface area contributed by atoms with Crippen LogP contribution in [0.3, 0.4) is 0 Å². The first kappa shape index (κ1) is 51.6. The van der Waals surface area contributed by atoms with Crippen molar-refractivity contribution in [3.63, 3.8) is 0 Å². The molecule has 3 N–H and O–H groups in total. The Bertz CT molecular complexity index is 2760. The summed E-state index contributed by atoms with van der Waals surface area (Å²) >= 11 is 0. The van der Waals surface area contributed by atoms with Crippen molar-refractivity contribution in [2.75, 3.05) is 42.7 Å². The normalized spacial score (nSPS) is 10.8. The predicted molar refractivity (Wildman–Crippen MR) is 284 cm³/mol. The molecule has 0 spiro atoms. The third-order valence-corrected chi connectivity index (χ3v) is 12.8. The summed E-state index contributed by atoms with van der Waals surface area (Å²) in [6, 6.07) is 49.5. The Morgan fingerprint density at radius 1 is 0.347 bits per heavy atom. The maximum atomic E-state index is 5.60. The van der Waals surface area contributed by atoms with E-state index in [0.717, 1.165) is 90.1 Å². The fourth-order valence-corrected chi connectivity index (χ4v) is 8.99. The van der Waals surface area contributed by atoms with Crippen LogP contribution in [0.15, 0.2) is 183 Å². The lowest BCUT2D eigenvalue weighted by Crippen LogP contribution is -2.07. The smallest absolute Gasteiger partial charge is 0.122 e. The monoisotopic (exact) mass is 967 g/mol. The number of nitrogens with one attached hydrogen (secondary N) is 3. The maximum absolute atomic E-state index is 5.60. The van der Waals surface area contributed by atoms with E-state index in [1.165, 1.54) is 33.4 Å². The molecule has 0 amide bonds. The van der Waals surface area contributed by atoms with Gasteiger partial charge in [-0.1, -0.05) is 84.9 Å². The van der Waals surface area contributed by atoms with E-state index in [1.807, 2.05) is 91.4 Å². The van der Waals surface area contributed by atoms with E-state index < -0.39 is 0 Å². The average molecular weight is 967 g/mol. The number of benzene rings is 6. The second-order valence-corrected chi connectivity index (χ2v) is 17.1. The molecule has 0 saturated carbocycles. The summed E-state index contributed by atoms with van der Waals surface area (Å²) in [5, 5.41) is 0. The second-order valence-electron chi connectivity index (χ2n) is 17.1. The van der Waals surface area contributed by atoms with E-state index >= 15 is 0 Å². The maximum Gasteiger partial charge on any atom is 0.122 e. The van der Waals surface area contributed by atoms with Crippen molar-refractivity contribution in [1.82, 2.24) is 29.9 Å². The zero-order valence-corrected chi connectivity index (χ0v) is 42.1. The lowest BCUT2D eigenvalue weighted by atomic mass is 9.86. The molecular weight excluding hydrogens is 901 g/mol. The molecule has 0 bridgehead atoms. The zero-order chi connectivity index (χ0) is 50.3. The number of aromatic amines is 3. The highest BCUT2D eigenvalue weighted by Crippen LogP contribution is 2.39. The molecule has 372 valence electrons. The Morgan fingerprint density at radius 2 is 0.708 bits per heavy atom. The van der Waals surface area contributed by atoms with E-state index in [0.29, 0.717) is 5.92 Å². The van der Waals surface area contributed by atoms with E-state index in [1.54, 1.807) is 61.6 Å². The van der Waals surface area contributed by atoms with Crippen molar-refractivity contribution in [1.29, 1.82) is 0 Å². The molecule has 0 radical (unpaired) electrons. The van der Waals surface area contributed by atoms with Crippen molar-refractivity contribution >= 4 is 0 Å². The van der Waals surface area contributed by atoms with Crippen molar-refractivity contribution in [3.8, 4) is 34.5 Å². The number of methoxy groups -OCH3 is 6. The fourth-order valence-electron chi connectivity index (χ4n) is 8.99. The van der Waals surface area contributed by atoms with Crippen LogP contribution in [-0.2, 0) is 19.3 Å². The molecule has 72 heavy (non-hydrogen) atoms. The average Bonchev–Trinajstić information content (AvgIpc) is 4.29. The van der Waals surface area contributed by atoms with Crippen LogP contribution in [0.4, 0.5) is 0 Å². The van der Waals surface area contributed by atoms with Gasteiger partial charge in [0, 0.05) is 64.6 Å². The molecule has 12 heteroatoms. The molecule has 9 aromatic rings. The van der Waals surface area contributed by atoms with Crippen LogP contribution in [0.2, 0.25) is 0 Å². The summed E-state index contributed by atoms with van der Waals surface area (Å²) in [5.74, 6) is 6.06. The van der Waals surface area contributed by atoms with Crippen LogP contribution >= 0.6 is 0 Å². The van der Waals surface area contributed by atoms with Gasteiger partial charge in [-0.2, -0.15) is 0 Å². The molecule has 0 unspecified atom stereocenters. The molecule has 0 aliphatic carbocycles. The highest BCUT2D eigenvalue weighted by Gasteiger charge is 2.22. The molecule has 0 aliphatic heterocycles. The Morgan fingerprint density at radius 3 is 1.06 bits per heavy atom. The summed E-state index contributed by atoms with van der Waals surface area (Å²) < 4.78 is 32.5. The highest BCUT2D eigenvalue weighted by molar-refractivity contribution is 5.47. The Kier molecular flexibility index (Phi) is 19.5. The zero-order valence-electron chi connectivity index (χ0n) is 42.1. The Hall–Kier alpha value is -8.25. The third-order valence-electron chi connectivity index (χ3n) is 12.8. The summed E-state index contributed by atoms with van der Waals surface area (Å²) in [5.41, 5.74) is 10.8. The minimum atomic E-state index is 0.181. The molecule has 9 rings (SSSR count). The van der Waals surface area contributed by atoms with Gasteiger partial charge >= 0.3 is 0 Å². The van der Waals surface area contributed by atoms with Crippen molar-refractivity contribution in [2.24, 2.45) is 0 Å². The number of nitrogens with zero attached hydrogens (tertiary/aromatic N) is 3. The largest absolute Gasteiger partial charge is 0.497 e. The number of hydrogen-bond acceptors (Lipinski definition) is 9. The Balaban J connectivity index is 0.000000158. The molecule has 3 aromatic heterocycles. The van der Waals surface area contributed by atoms with E-state index in [4.69, 9.17) is 28.4 Å². The van der Waals surface area contributed by atoms with Gasteiger partial charge in [0.15, 0.2) is 0 Å². The molecule has 6 aromatic carbocycles. The van der Waals surface area contributed by atoms with Crippen molar-refractivity contribution in [2.45, 2.75) is 56.3 Å². The number of aryl methyl sites for hydroxylation is 3. The van der Waals surface area contributed by atoms with Gasteiger partial charge < -0.3 is 43.4 Å². The molecule has 12 nitrogen and oxygen atoms in total. The minimum absolute atomic E-state index is 0.181. The number of rotatable bonds is 21. The van der Waals surface area contributed by atoms with Crippen LogP contribution in [0.1, 0.15) is 87.5 Å². The van der Waals surface area contributed by atoms with Gasteiger partial charge in [0.1, 0.15) is 34.5 Å². The Labute approximate surface area is 423 Å². The number of para-hydroxylation sites is 2. The highest BCUT2D eigenvalue weighted by atomic mass is 16.5. The number of aromatic nitrogens is 6. The lowest BCUT2D eigenvalue weighted by molar-refractivity contribution is 0.398. The first-order chi connectivity index (χ1) is 35.4. The van der Waals surface area contributed by atoms with Crippen LogP contribution in [0, 0.1) is 0 Å². The van der Waals surface area contributed by atoms with Crippen LogP contribution in [-0.4, -0.2) is 72.6 Å². The summed E-state index contributed by atoms with van der Waals surface area (Å²) in [6.45, 7) is 0. The fraction of sp³-hybridized carbons (Fsp3) is 0.250. The van der Waals surface area contributed by atoms with Gasteiger partial charge in [0.25, 0.3) is 0 Å². The molecule has 3 heterocycles. The van der Waals surface area contributed by atoms with Gasteiger partial charge in [0.2, 0.25) is 0 Å². The molecule has 0 atom stereocenters. The van der Waals surface area contributed by atoms with Crippen LogP contribution in [0.25, 0.3) is 0 Å². The minimum Gasteiger partial charge on any atom is -0.497 e. The van der Waals surface area contributed by atoms with E-state index in [-0.39, 0.29) is 11.8 Å². The lowest BCUT2D eigenvalue weighted by Gasteiger charge is -2.22. The standard InChI is InChI=1S/3C20H22N2O2/c1-23-18-8-3-15(4-9-18)20(12-7-17-13-21-14-22-17)16-5-10-19(24-2)11-6-16;1-23-18-7-3-5-15(11-18)20(10-9-17-13-21-14-22-17)16-6-4-8-19(12-16)24-2;1-23-19-9-5-3-7-17(19)16(12-11-15-13-21-14-22-15)18-8-4-6-10-20(18)24-2/h3-6,8-11,13-14,20H,7,12H2,1-2H3,(H,21,22);3-8,11-14,20H,9-10H2,1-2H3,(H,21,22);3-10,13-14,16H,11-12H2,1-2H3,(H,21,22). The van der Waals surface area contributed by atoms with Crippen molar-refractivity contribution < 1.29 is 28.4 Å². The van der Waals surface area contributed by atoms with Gasteiger partial charge in [0.05, 0.1) is 61.6 Å².